The molecule has 0 aliphatic carbocycles. The van der Waals surface area contributed by atoms with Gasteiger partial charge in [-0.15, -0.1) is 0 Å². The summed E-state index contributed by atoms with van der Waals surface area (Å²) in [4.78, 5) is 0. The molecule has 1 aliphatic heterocycles. The molecule has 3 heteroatoms. The Morgan fingerprint density at radius 3 is 2.52 bits per heavy atom. The van der Waals surface area contributed by atoms with E-state index in [-0.39, 0.29) is 5.82 Å². The highest BCUT2D eigenvalue weighted by molar-refractivity contribution is 6.05. The lowest BCUT2D eigenvalue weighted by Gasteiger charge is -2.23. The van der Waals surface area contributed by atoms with Crippen LogP contribution in [0.25, 0.3) is 32.9 Å². The summed E-state index contributed by atoms with van der Waals surface area (Å²) >= 11 is 0. The third-order valence-electron chi connectivity index (χ3n) is 6.09. The van der Waals surface area contributed by atoms with Crippen LogP contribution in [0.3, 0.4) is 0 Å². The van der Waals surface area contributed by atoms with Gasteiger partial charge >= 0.3 is 0 Å². The van der Waals surface area contributed by atoms with Gasteiger partial charge in [0.05, 0.1) is 10.9 Å². The van der Waals surface area contributed by atoms with E-state index in [0.29, 0.717) is 5.92 Å². The largest absolute Gasteiger partial charge is 0.450 e. The van der Waals surface area contributed by atoms with Crippen molar-refractivity contribution < 1.29 is 13.7 Å². The molecule has 0 spiro atoms. The first-order valence-corrected chi connectivity index (χ1v) is 10.2. The maximum Gasteiger partial charge on any atom is 0.256 e. The van der Waals surface area contributed by atoms with E-state index in [4.69, 9.17) is 4.74 Å². The van der Waals surface area contributed by atoms with E-state index in [2.05, 4.69) is 50.5 Å². The predicted octanol–water partition coefficient (Wildman–Crippen LogP) is 6.54. The summed E-state index contributed by atoms with van der Waals surface area (Å²) in [5, 5.41) is 3.24. The van der Waals surface area contributed by atoms with Crippen molar-refractivity contribution >= 4 is 21.7 Å². The molecule has 5 rings (SSSR count). The molecule has 0 saturated heterocycles. The SMILES string of the molecule is Cc1cc2cc(CC(C)C)cc3c2c(c1C)-c1c(cc2cc(F)ccc2[n+]1C)O3. The second-order valence-electron chi connectivity index (χ2n) is 8.70. The number of aromatic nitrogens is 1. The third kappa shape index (κ3) is 2.71. The first-order valence-electron chi connectivity index (χ1n) is 10.2. The number of halogens is 1. The molecule has 0 radical (unpaired) electrons. The number of hydrogen-bond donors (Lipinski definition) is 0. The average Bonchev–Trinajstić information content (AvgIpc) is 2.64. The van der Waals surface area contributed by atoms with Crippen molar-refractivity contribution in [3.63, 3.8) is 0 Å². The number of nitrogens with zero attached hydrogens (tertiary/aromatic N) is 1. The normalized spacial score (nSPS) is 12.5. The Morgan fingerprint density at radius 2 is 1.76 bits per heavy atom. The number of aryl methyl sites for hydroxylation is 2. The molecule has 4 aromatic rings. The lowest BCUT2D eigenvalue weighted by molar-refractivity contribution is -0.633. The van der Waals surface area contributed by atoms with Crippen molar-refractivity contribution in [1.82, 2.24) is 0 Å². The van der Waals surface area contributed by atoms with Gasteiger partial charge in [-0.2, -0.15) is 4.57 Å². The fourth-order valence-corrected chi connectivity index (χ4v) is 4.70. The van der Waals surface area contributed by atoms with Crippen LogP contribution in [0.2, 0.25) is 0 Å². The minimum absolute atomic E-state index is 0.234. The average molecular weight is 386 g/mol. The van der Waals surface area contributed by atoms with Crippen LogP contribution in [-0.4, -0.2) is 0 Å². The second-order valence-corrected chi connectivity index (χ2v) is 8.70. The molecule has 0 bridgehead atoms. The van der Waals surface area contributed by atoms with Gasteiger partial charge in [-0.25, -0.2) is 4.39 Å². The van der Waals surface area contributed by atoms with Gasteiger partial charge in [0, 0.05) is 17.5 Å². The van der Waals surface area contributed by atoms with Crippen LogP contribution >= 0.6 is 0 Å². The van der Waals surface area contributed by atoms with Gasteiger partial charge in [0.2, 0.25) is 5.52 Å². The van der Waals surface area contributed by atoms with E-state index in [1.807, 2.05) is 19.2 Å². The standard InChI is InChI=1S/C26H25FNO/c1-14(2)8-17-10-19-9-15(3)16(4)24-25(19)22(11-17)29-23-13-18-12-20(27)6-7-21(18)28(5)26(23)24/h6-7,9-14H,8H2,1-5H3/q+1. The van der Waals surface area contributed by atoms with Gasteiger partial charge in [0.25, 0.3) is 5.69 Å². The van der Waals surface area contributed by atoms with E-state index < -0.39 is 0 Å². The Labute approximate surface area is 170 Å². The summed E-state index contributed by atoms with van der Waals surface area (Å²) in [6.07, 6.45) is 1.01. The summed E-state index contributed by atoms with van der Waals surface area (Å²) in [5.74, 6) is 2.03. The lowest BCUT2D eigenvalue weighted by atomic mass is 9.88. The molecule has 0 unspecified atom stereocenters. The van der Waals surface area contributed by atoms with Crippen LogP contribution in [0, 0.1) is 25.6 Å². The molecule has 0 saturated carbocycles. The molecule has 0 atom stereocenters. The molecule has 1 aliphatic rings. The highest BCUT2D eigenvalue weighted by atomic mass is 19.1. The molecule has 3 aromatic carbocycles. The Balaban J connectivity index is 1.90. The van der Waals surface area contributed by atoms with Crippen LogP contribution in [0.15, 0.2) is 42.5 Å². The van der Waals surface area contributed by atoms with Crippen LogP contribution < -0.4 is 9.30 Å². The fraction of sp³-hybridized carbons (Fsp3) is 0.269. The zero-order valence-corrected chi connectivity index (χ0v) is 17.6. The third-order valence-corrected chi connectivity index (χ3v) is 6.09. The van der Waals surface area contributed by atoms with Gasteiger partial charge in [0.15, 0.2) is 5.75 Å². The van der Waals surface area contributed by atoms with E-state index >= 15 is 0 Å². The Kier molecular flexibility index (Phi) is 3.92. The minimum Gasteiger partial charge on any atom is -0.450 e. The maximum absolute atomic E-state index is 13.9. The van der Waals surface area contributed by atoms with Crippen molar-refractivity contribution in [2.45, 2.75) is 34.1 Å². The zero-order valence-electron chi connectivity index (χ0n) is 17.6. The summed E-state index contributed by atoms with van der Waals surface area (Å²) in [7, 11) is 2.04. The van der Waals surface area contributed by atoms with Gasteiger partial charge in [-0.05, 0) is 66.5 Å². The molecule has 0 N–H and O–H groups in total. The smallest absolute Gasteiger partial charge is 0.256 e. The highest BCUT2D eigenvalue weighted by Gasteiger charge is 2.31. The molecular weight excluding hydrogens is 361 g/mol. The number of fused-ring (bicyclic) bond motifs is 3. The molecule has 0 amide bonds. The van der Waals surface area contributed by atoms with Crippen LogP contribution in [-0.2, 0) is 13.5 Å². The molecule has 29 heavy (non-hydrogen) atoms. The summed E-state index contributed by atoms with van der Waals surface area (Å²) in [6, 6.07) is 13.7. The van der Waals surface area contributed by atoms with E-state index in [0.717, 1.165) is 34.5 Å². The molecule has 1 aromatic heterocycles. The van der Waals surface area contributed by atoms with Crippen LogP contribution in [0.5, 0.6) is 11.5 Å². The number of pyridine rings is 1. The van der Waals surface area contributed by atoms with Crippen molar-refractivity contribution in [2.75, 3.05) is 0 Å². The first-order chi connectivity index (χ1) is 13.8. The second kappa shape index (κ2) is 6.28. The molecule has 2 heterocycles. The first kappa shape index (κ1) is 18.1. The van der Waals surface area contributed by atoms with Crippen molar-refractivity contribution in [3.05, 3.63) is 65.0 Å². The Morgan fingerprint density at radius 1 is 0.966 bits per heavy atom. The number of ether oxygens (including phenoxy) is 1. The van der Waals surface area contributed by atoms with E-state index in [1.54, 1.807) is 6.07 Å². The number of benzene rings is 3. The molecule has 0 fully saturated rings. The van der Waals surface area contributed by atoms with Gasteiger partial charge in [-0.1, -0.05) is 26.0 Å². The Bertz CT molecular complexity index is 1320. The fourth-order valence-electron chi connectivity index (χ4n) is 4.70. The van der Waals surface area contributed by atoms with Crippen molar-refractivity contribution in [2.24, 2.45) is 13.0 Å². The van der Waals surface area contributed by atoms with Gasteiger partial charge in [-0.3, -0.25) is 0 Å². The molecule has 146 valence electrons. The van der Waals surface area contributed by atoms with Crippen LogP contribution in [0.1, 0.15) is 30.5 Å². The number of rotatable bonds is 2. The summed E-state index contributed by atoms with van der Waals surface area (Å²) < 4.78 is 22.5. The lowest BCUT2D eigenvalue weighted by Crippen LogP contribution is -2.33. The zero-order chi connectivity index (χ0) is 20.4. The Hall–Kier alpha value is -2.94. The van der Waals surface area contributed by atoms with E-state index in [1.165, 1.54) is 39.1 Å². The monoisotopic (exact) mass is 386 g/mol. The van der Waals surface area contributed by atoms with Gasteiger partial charge in [0.1, 0.15) is 18.6 Å². The predicted molar refractivity (Wildman–Crippen MR) is 116 cm³/mol. The minimum atomic E-state index is -0.234. The quantitative estimate of drug-likeness (QED) is 0.314. The summed E-state index contributed by atoms with van der Waals surface area (Å²) in [6.45, 7) is 8.82. The molecular formula is C26H25FNO+. The van der Waals surface area contributed by atoms with Crippen molar-refractivity contribution in [1.29, 1.82) is 0 Å². The van der Waals surface area contributed by atoms with Crippen molar-refractivity contribution in [3.8, 4) is 22.8 Å². The summed E-state index contributed by atoms with van der Waals surface area (Å²) in [5.41, 5.74) is 7.09. The maximum atomic E-state index is 13.9. The van der Waals surface area contributed by atoms with E-state index in [9.17, 15) is 4.39 Å². The highest BCUT2D eigenvalue weighted by Crippen LogP contribution is 2.48. The molecule has 2 nitrogen and oxygen atoms in total. The van der Waals surface area contributed by atoms with Gasteiger partial charge < -0.3 is 4.74 Å². The van der Waals surface area contributed by atoms with Crippen LogP contribution in [0.4, 0.5) is 4.39 Å². The number of hydrogen-bond acceptors (Lipinski definition) is 1. The topological polar surface area (TPSA) is 13.1 Å².